The van der Waals surface area contributed by atoms with Crippen LogP contribution in [0.5, 0.6) is 0 Å². The molecule has 2 heterocycles. The van der Waals surface area contributed by atoms with Crippen molar-refractivity contribution in [1.82, 2.24) is 20.4 Å². The third kappa shape index (κ3) is 4.41. The Bertz CT molecular complexity index is 605. The van der Waals surface area contributed by atoms with Crippen molar-refractivity contribution < 1.29 is 9.59 Å². The molecule has 1 saturated carbocycles. The number of hydrogen-bond acceptors (Lipinski definition) is 3. The lowest BCUT2D eigenvalue weighted by Gasteiger charge is -2.27. The summed E-state index contributed by atoms with van der Waals surface area (Å²) in [6.07, 6.45) is 9.59. The van der Waals surface area contributed by atoms with Crippen LogP contribution in [-0.2, 0) is 17.8 Å². The minimum absolute atomic E-state index is 0.133. The maximum absolute atomic E-state index is 12.6. The number of aromatic nitrogens is 2. The van der Waals surface area contributed by atoms with Gasteiger partial charge in [0.1, 0.15) is 0 Å². The molecule has 6 nitrogen and oxygen atoms in total. The first-order valence-corrected chi connectivity index (χ1v) is 9.81. The Kier molecular flexibility index (Phi) is 6.10. The molecule has 0 bridgehead atoms. The molecule has 2 aliphatic rings. The highest BCUT2D eigenvalue weighted by Gasteiger charge is 2.28. The van der Waals surface area contributed by atoms with Crippen molar-refractivity contribution in [3.05, 3.63) is 17.0 Å². The normalized spacial score (nSPS) is 17.6. The zero-order valence-electron chi connectivity index (χ0n) is 15.3. The number of fused-ring (bicyclic) bond motifs is 1. The van der Waals surface area contributed by atoms with Crippen molar-refractivity contribution in [2.75, 3.05) is 13.1 Å². The van der Waals surface area contributed by atoms with Gasteiger partial charge < -0.3 is 10.2 Å². The van der Waals surface area contributed by atoms with E-state index in [1.807, 2.05) is 4.90 Å². The topological polar surface area (TPSA) is 78.1 Å². The number of rotatable bonds is 7. The fraction of sp³-hybridized carbons (Fsp3) is 0.737. The molecule has 1 aliphatic carbocycles. The first kappa shape index (κ1) is 18.0. The second-order valence-electron chi connectivity index (χ2n) is 7.39. The van der Waals surface area contributed by atoms with Crippen LogP contribution < -0.4 is 5.32 Å². The van der Waals surface area contributed by atoms with Gasteiger partial charge in [-0.05, 0) is 18.8 Å². The molecule has 2 amide bonds. The standard InChI is InChI=1S/C19H30N4O2/c1-2-3-11-20-19(25)18-15-13-23(12-10-16(15)21-22-18)17(24)9-8-14-6-4-5-7-14/h14H,2-13H2,1H3,(H,20,25)(H,21,22). The molecule has 0 atom stereocenters. The molecule has 0 aromatic carbocycles. The second kappa shape index (κ2) is 8.50. The highest BCUT2D eigenvalue weighted by Crippen LogP contribution is 2.29. The molecule has 1 fully saturated rings. The van der Waals surface area contributed by atoms with E-state index >= 15 is 0 Å². The van der Waals surface area contributed by atoms with Gasteiger partial charge in [0.2, 0.25) is 5.91 Å². The summed E-state index contributed by atoms with van der Waals surface area (Å²) in [5, 5.41) is 10.1. The molecule has 1 aromatic heterocycles. The monoisotopic (exact) mass is 346 g/mol. The fourth-order valence-electron chi connectivity index (χ4n) is 3.94. The minimum atomic E-state index is -0.133. The Balaban J connectivity index is 1.57. The third-order valence-electron chi connectivity index (χ3n) is 5.56. The molecule has 3 rings (SSSR count). The van der Waals surface area contributed by atoms with Gasteiger partial charge in [-0.25, -0.2) is 0 Å². The predicted molar refractivity (Wildman–Crippen MR) is 96.1 cm³/mol. The van der Waals surface area contributed by atoms with E-state index < -0.39 is 0 Å². The zero-order valence-corrected chi connectivity index (χ0v) is 15.3. The van der Waals surface area contributed by atoms with Crippen LogP contribution in [0.3, 0.4) is 0 Å². The number of amides is 2. The molecule has 138 valence electrons. The fourth-order valence-corrected chi connectivity index (χ4v) is 3.94. The molecule has 2 N–H and O–H groups in total. The average molecular weight is 346 g/mol. The molecular formula is C19H30N4O2. The van der Waals surface area contributed by atoms with E-state index in [1.54, 1.807) is 0 Å². The van der Waals surface area contributed by atoms with E-state index in [1.165, 1.54) is 25.7 Å². The minimum Gasteiger partial charge on any atom is -0.351 e. The van der Waals surface area contributed by atoms with Crippen LogP contribution in [0.15, 0.2) is 0 Å². The van der Waals surface area contributed by atoms with E-state index in [2.05, 4.69) is 22.4 Å². The highest BCUT2D eigenvalue weighted by atomic mass is 16.2. The summed E-state index contributed by atoms with van der Waals surface area (Å²) < 4.78 is 0. The number of aromatic amines is 1. The van der Waals surface area contributed by atoms with Crippen LogP contribution >= 0.6 is 0 Å². The van der Waals surface area contributed by atoms with Gasteiger partial charge in [0.15, 0.2) is 5.69 Å². The number of H-pyrrole nitrogens is 1. The summed E-state index contributed by atoms with van der Waals surface area (Å²) in [6.45, 7) is 3.99. The quantitative estimate of drug-likeness (QED) is 0.745. The number of unbranched alkanes of at least 4 members (excludes halogenated alkanes) is 1. The van der Waals surface area contributed by atoms with Crippen molar-refractivity contribution >= 4 is 11.8 Å². The van der Waals surface area contributed by atoms with Crippen molar-refractivity contribution in [3.63, 3.8) is 0 Å². The summed E-state index contributed by atoms with van der Waals surface area (Å²) in [6, 6.07) is 0. The molecule has 6 heteroatoms. The van der Waals surface area contributed by atoms with Crippen LogP contribution in [0.25, 0.3) is 0 Å². The lowest BCUT2D eigenvalue weighted by molar-refractivity contribution is -0.132. The zero-order chi connectivity index (χ0) is 17.6. The molecule has 1 aliphatic heterocycles. The van der Waals surface area contributed by atoms with Crippen molar-refractivity contribution in [3.8, 4) is 0 Å². The maximum atomic E-state index is 12.6. The number of nitrogens with one attached hydrogen (secondary N) is 2. The number of carbonyl (C=O) groups is 2. The first-order valence-electron chi connectivity index (χ1n) is 9.81. The number of carbonyl (C=O) groups excluding carboxylic acids is 2. The second-order valence-corrected chi connectivity index (χ2v) is 7.39. The van der Waals surface area contributed by atoms with Gasteiger partial charge in [0, 0.05) is 43.7 Å². The van der Waals surface area contributed by atoms with E-state index in [0.717, 1.165) is 49.4 Å². The number of nitrogens with zero attached hydrogens (tertiary/aromatic N) is 2. The van der Waals surface area contributed by atoms with E-state index in [-0.39, 0.29) is 11.8 Å². The van der Waals surface area contributed by atoms with Crippen molar-refractivity contribution in [2.24, 2.45) is 5.92 Å². The molecule has 1 aromatic rings. The summed E-state index contributed by atoms with van der Waals surface area (Å²) in [7, 11) is 0. The Morgan fingerprint density at radius 3 is 2.88 bits per heavy atom. The highest BCUT2D eigenvalue weighted by molar-refractivity contribution is 5.94. The third-order valence-corrected chi connectivity index (χ3v) is 5.56. The Morgan fingerprint density at radius 2 is 2.12 bits per heavy atom. The molecule has 0 unspecified atom stereocenters. The molecule has 0 saturated heterocycles. The van der Waals surface area contributed by atoms with Crippen LogP contribution in [0.4, 0.5) is 0 Å². The summed E-state index contributed by atoms with van der Waals surface area (Å²) in [5.41, 5.74) is 2.36. The average Bonchev–Trinajstić information content (AvgIpc) is 3.28. The van der Waals surface area contributed by atoms with Gasteiger partial charge in [0.05, 0.1) is 0 Å². The van der Waals surface area contributed by atoms with E-state index in [0.29, 0.717) is 25.2 Å². The molecule has 0 radical (unpaired) electrons. The van der Waals surface area contributed by atoms with Gasteiger partial charge in [0.25, 0.3) is 5.91 Å². The van der Waals surface area contributed by atoms with Gasteiger partial charge in [-0.2, -0.15) is 5.10 Å². The van der Waals surface area contributed by atoms with E-state index in [4.69, 9.17) is 0 Å². The Labute approximate surface area is 149 Å². The lowest BCUT2D eigenvalue weighted by Crippen LogP contribution is -2.37. The van der Waals surface area contributed by atoms with Gasteiger partial charge in [-0.1, -0.05) is 39.0 Å². The van der Waals surface area contributed by atoms with Gasteiger partial charge in [-0.3, -0.25) is 14.7 Å². The van der Waals surface area contributed by atoms with Crippen molar-refractivity contribution in [1.29, 1.82) is 0 Å². The smallest absolute Gasteiger partial charge is 0.272 e. The Hall–Kier alpha value is -1.85. The first-order chi connectivity index (χ1) is 12.2. The molecule has 25 heavy (non-hydrogen) atoms. The summed E-state index contributed by atoms with van der Waals surface area (Å²) in [4.78, 5) is 26.8. The van der Waals surface area contributed by atoms with Gasteiger partial charge >= 0.3 is 0 Å². The molecular weight excluding hydrogens is 316 g/mol. The largest absolute Gasteiger partial charge is 0.351 e. The maximum Gasteiger partial charge on any atom is 0.272 e. The SMILES string of the molecule is CCCCNC(=O)c1n[nH]c2c1CN(C(=O)CCC1CCCC1)CC2. The summed E-state index contributed by atoms with van der Waals surface area (Å²) in [5.74, 6) is 0.820. The van der Waals surface area contributed by atoms with Gasteiger partial charge in [-0.15, -0.1) is 0 Å². The van der Waals surface area contributed by atoms with Crippen molar-refractivity contribution in [2.45, 2.75) is 71.3 Å². The molecule has 0 spiro atoms. The number of hydrogen-bond donors (Lipinski definition) is 2. The summed E-state index contributed by atoms with van der Waals surface area (Å²) >= 11 is 0. The van der Waals surface area contributed by atoms with Crippen LogP contribution in [0, 0.1) is 5.92 Å². The Morgan fingerprint density at radius 1 is 1.32 bits per heavy atom. The van der Waals surface area contributed by atoms with Crippen LogP contribution in [0.1, 0.15) is 80.0 Å². The van der Waals surface area contributed by atoms with Crippen LogP contribution in [0.2, 0.25) is 0 Å². The van der Waals surface area contributed by atoms with E-state index in [9.17, 15) is 9.59 Å². The predicted octanol–water partition coefficient (Wildman–Crippen LogP) is 2.79. The van der Waals surface area contributed by atoms with Crippen LogP contribution in [-0.4, -0.2) is 40.0 Å². The lowest BCUT2D eigenvalue weighted by atomic mass is 10.00.